The van der Waals surface area contributed by atoms with Crippen molar-refractivity contribution in [2.24, 2.45) is 5.18 Å². The Hall–Kier alpha value is -3.55. The summed E-state index contributed by atoms with van der Waals surface area (Å²) in [5.41, 5.74) is 4.62. The van der Waals surface area contributed by atoms with Gasteiger partial charge in [-0.15, -0.1) is 4.91 Å². The molecular formula is C36H52N4O8S. The lowest BCUT2D eigenvalue weighted by Crippen LogP contribution is -2.36. The van der Waals surface area contributed by atoms with Gasteiger partial charge in [0, 0.05) is 29.6 Å². The van der Waals surface area contributed by atoms with Crippen molar-refractivity contribution in [3.8, 4) is 11.5 Å². The first-order chi connectivity index (χ1) is 23.8. The number of hydrogen-bond acceptors (Lipinski definition) is 11. The zero-order valence-corrected chi connectivity index (χ0v) is 30.0. The third kappa shape index (κ3) is 10.5. The van der Waals surface area contributed by atoms with Crippen LogP contribution in [0.15, 0.2) is 35.0 Å². The summed E-state index contributed by atoms with van der Waals surface area (Å²) in [4.78, 5) is 35.5. The lowest BCUT2D eigenvalue weighted by molar-refractivity contribution is -0.143. The first-order valence-corrected chi connectivity index (χ1v) is 18.4. The van der Waals surface area contributed by atoms with E-state index in [4.69, 9.17) is 18.9 Å². The smallest absolute Gasteiger partial charge is 0.315 e. The lowest BCUT2D eigenvalue weighted by Gasteiger charge is -2.23. The maximum Gasteiger partial charge on any atom is 0.315 e. The molecule has 13 heteroatoms. The maximum atomic E-state index is 12.2. The molecule has 4 atom stereocenters. The first kappa shape index (κ1) is 38.3. The van der Waals surface area contributed by atoms with Crippen LogP contribution in [-0.2, 0) is 14.3 Å². The fourth-order valence-electron chi connectivity index (χ4n) is 6.57. The van der Waals surface area contributed by atoms with Crippen molar-refractivity contribution < 1.29 is 33.7 Å². The minimum Gasteiger partial charge on any atom is -0.496 e. The molecule has 49 heavy (non-hydrogen) atoms. The van der Waals surface area contributed by atoms with E-state index in [0.29, 0.717) is 59.3 Å². The van der Waals surface area contributed by atoms with Crippen LogP contribution in [0, 0.1) is 4.91 Å². The number of nitrogens with one attached hydrogen (secondary N) is 3. The average Bonchev–Trinajstić information content (AvgIpc) is 3.66. The Morgan fingerprint density at radius 1 is 1.04 bits per heavy atom. The van der Waals surface area contributed by atoms with E-state index in [2.05, 4.69) is 27.4 Å². The SMILES string of the molecule is COc1cc([C@H](CC=C(C)C)OCCCCCCCCOC(=O)CCCC[C@H]2SCC3NC(=O)NC32)c(OC)c2c(N=O)ccc(NO)c12. The van der Waals surface area contributed by atoms with Crippen LogP contribution >= 0.6 is 11.8 Å². The highest BCUT2D eigenvalue weighted by atomic mass is 32.2. The molecule has 270 valence electrons. The van der Waals surface area contributed by atoms with Crippen molar-refractivity contribution in [1.82, 2.24) is 10.6 Å². The minimum atomic E-state index is -0.357. The Morgan fingerprint density at radius 2 is 1.80 bits per heavy atom. The van der Waals surface area contributed by atoms with Gasteiger partial charge in [0.25, 0.3) is 0 Å². The molecule has 2 aromatic carbocycles. The molecule has 2 heterocycles. The zero-order valence-electron chi connectivity index (χ0n) is 29.2. The number of methoxy groups -OCH3 is 2. The molecule has 2 aliphatic heterocycles. The van der Waals surface area contributed by atoms with Gasteiger partial charge in [-0.3, -0.25) is 15.5 Å². The zero-order chi connectivity index (χ0) is 35.2. The van der Waals surface area contributed by atoms with Crippen LogP contribution in [0.2, 0.25) is 0 Å². The molecule has 0 radical (unpaired) electrons. The molecule has 0 aliphatic carbocycles. The van der Waals surface area contributed by atoms with Gasteiger partial charge in [0.15, 0.2) is 0 Å². The van der Waals surface area contributed by atoms with Gasteiger partial charge in [-0.25, -0.2) is 4.79 Å². The molecule has 4 N–H and O–H groups in total. The molecule has 2 aromatic rings. The average molecular weight is 701 g/mol. The molecular weight excluding hydrogens is 648 g/mol. The topological polar surface area (TPSA) is 157 Å². The number of urea groups is 1. The number of fused-ring (bicyclic) bond motifs is 2. The Kier molecular flexibility index (Phi) is 15.3. The molecule has 0 aromatic heterocycles. The number of esters is 1. The summed E-state index contributed by atoms with van der Waals surface area (Å²) in [6.45, 7) is 5.08. The molecule has 2 aliphatic rings. The summed E-state index contributed by atoms with van der Waals surface area (Å²) in [6.07, 6.45) is 11.4. The molecule has 2 saturated heterocycles. The second-order valence-electron chi connectivity index (χ2n) is 12.9. The number of anilines is 1. The number of amides is 2. The Morgan fingerprint density at radius 3 is 2.49 bits per heavy atom. The number of allylic oxidation sites excluding steroid dienone is 1. The van der Waals surface area contributed by atoms with Crippen molar-refractivity contribution in [1.29, 1.82) is 0 Å². The number of ether oxygens (including phenoxy) is 4. The van der Waals surface area contributed by atoms with Gasteiger partial charge in [0.1, 0.15) is 17.2 Å². The number of thioether (sulfide) groups is 1. The van der Waals surface area contributed by atoms with Crippen LogP contribution in [0.4, 0.5) is 16.2 Å². The number of rotatable bonds is 22. The largest absolute Gasteiger partial charge is 0.496 e. The van der Waals surface area contributed by atoms with E-state index < -0.39 is 0 Å². The van der Waals surface area contributed by atoms with E-state index in [0.717, 1.165) is 74.7 Å². The highest BCUT2D eigenvalue weighted by Gasteiger charge is 2.42. The van der Waals surface area contributed by atoms with Gasteiger partial charge >= 0.3 is 12.0 Å². The van der Waals surface area contributed by atoms with E-state index in [-0.39, 0.29) is 35.9 Å². The van der Waals surface area contributed by atoms with Crippen LogP contribution in [0.1, 0.15) is 96.1 Å². The quantitative estimate of drug-likeness (QED) is 0.0236. The van der Waals surface area contributed by atoms with Gasteiger partial charge in [-0.1, -0.05) is 43.8 Å². The van der Waals surface area contributed by atoms with Gasteiger partial charge < -0.3 is 29.6 Å². The standard InChI is InChI=1S/C36H52N4O8S/c1-23(2)15-18-28(24-21-29(45-3)32-25(39-43)16-17-26(40-44)33(32)35(24)46-4)47-19-11-7-5-6-8-12-20-48-31(41)14-10-9-13-30-34-27(22-49-30)37-36(42)38-34/h15-17,21,27-28,30,34,39,43H,5-14,18-20,22H2,1-4H3,(H2,37,38,42)/t27?,28-,30+,34?/m0/s1. The first-order valence-electron chi connectivity index (χ1n) is 17.4. The molecule has 2 unspecified atom stereocenters. The molecule has 2 amide bonds. The van der Waals surface area contributed by atoms with Crippen LogP contribution in [-0.4, -0.2) is 67.7 Å². The van der Waals surface area contributed by atoms with Gasteiger partial charge in [0.2, 0.25) is 0 Å². The molecule has 0 saturated carbocycles. The number of nitroso groups, excluding NO2 is 1. The third-order valence-electron chi connectivity index (χ3n) is 9.11. The minimum absolute atomic E-state index is 0.0646. The molecule has 2 fully saturated rings. The second-order valence-corrected chi connectivity index (χ2v) is 14.1. The number of nitrogens with zero attached hydrogens (tertiary/aromatic N) is 1. The van der Waals surface area contributed by atoms with Crippen LogP contribution in [0.3, 0.4) is 0 Å². The van der Waals surface area contributed by atoms with Crippen molar-refractivity contribution in [2.45, 2.75) is 108 Å². The summed E-state index contributed by atoms with van der Waals surface area (Å²) in [6, 6.07) is 5.31. The molecule has 0 bridgehead atoms. The van der Waals surface area contributed by atoms with Crippen molar-refractivity contribution >= 4 is 45.9 Å². The summed E-state index contributed by atoms with van der Waals surface area (Å²) < 4.78 is 23.4. The number of carbonyl (C=O) groups excluding carboxylic acids is 2. The number of carbonyl (C=O) groups is 2. The fourth-order valence-corrected chi connectivity index (χ4v) is 8.11. The molecule has 0 spiro atoms. The molecule has 12 nitrogen and oxygen atoms in total. The third-order valence-corrected chi connectivity index (χ3v) is 10.6. The van der Waals surface area contributed by atoms with Crippen LogP contribution in [0.25, 0.3) is 10.8 Å². The second kappa shape index (κ2) is 19.6. The fraction of sp³-hybridized carbons (Fsp3) is 0.611. The lowest BCUT2D eigenvalue weighted by atomic mass is 9.96. The van der Waals surface area contributed by atoms with E-state index in [1.165, 1.54) is 13.2 Å². The van der Waals surface area contributed by atoms with Crippen LogP contribution in [0.5, 0.6) is 11.5 Å². The Balaban J connectivity index is 1.16. The monoisotopic (exact) mass is 700 g/mol. The van der Waals surface area contributed by atoms with E-state index in [1.54, 1.807) is 13.2 Å². The van der Waals surface area contributed by atoms with Gasteiger partial charge in [-0.05, 0) is 69.3 Å². The summed E-state index contributed by atoms with van der Waals surface area (Å²) in [5.74, 6) is 1.74. The Labute approximate surface area is 293 Å². The summed E-state index contributed by atoms with van der Waals surface area (Å²) >= 11 is 1.90. The van der Waals surface area contributed by atoms with Crippen molar-refractivity contribution in [3.63, 3.8) is 0 Å². The molecule has 4 rings (SSSR count). The normalized spacial score (nSPS) is 18.7. The van der Waals surface area contributed by atoms with Gasteiger partial charge in [0.05, 0.1) is 55.5 Å². The Bertz CT molecular complexity index is 1450. The maximum absolute atomic E-state index is 12.2. The summed E-state index contributed by atoms with van der Waals surface area (Å²) in [5, 5.41) is 20.3. The number of unbranched alkanes of at least 4 members (excludes halogenated alkanes) is 6. The van der Waals surface area contributed by atoms with E-state index >= 15 is 0 Å². The van der Waals surface area contributed by atoms with E-state index in [1.807, 2.05) is 31.7 Å². The highest BCUT2D eigenvalue weighted by molar-refractivity contribution is 8.00. The highest BCUT2D eigenvalue weighted by Crippen LogP contribution is 2.48. The van der Waals surface area contributed by atoms with Crippen molar-refractivity contribution in [3.05, 3.63) is 40.3 Å². The van der Waals surface area contributed by atoms with E-state index in [9.17, 15) is 19.7 Å². The predicted molar refractivity (Wildman–Crippen MR) is 193 cm³/mol. The number of benzene rings is 2. The van der Waals surface area contributed by atoms with Gasteiger partial charge in [-0.2, -0.15) is 11.8 Å². The van der Waals surface area contributed by atoms with Crippen LogP contribution < -0.4 is 25.6 Å². The van der Waals surface area contributed by atoms with Crippen molar-refractivity contribution in [2.75, 3.05) is 38.7 Å². The summed E-state index contributed by atoms with van der Waals surface area (Å²) in [7, 11) is 3.08. The predicted octanol–water partition coefficient (Wildman–Crippen LogP) is 8.08. The number of hydrogen-bond donors (Lipinski definition) is 4.